The fraction of sp³-hybridized carbons (Fsp3) is 0.346. The number of benzene rings is 2. The number of aliphatic hydroxyl groups is 1. The van der Waals surface area contributed by atoms with Gasteiger partial charge in [-0.3, -0.25) is 4.79 Å². The van der Waals surface area contributed by atoms with Crippen molar-refractivity contribution in [1.29, 1.82) is 0 Å². The third kappa shape index (κ3) is 4.78. The van der Waals surface area contributed by atoms with E-state index in [4.69, 9.17) is 16.3 Å². The van der Waals surface area contributed by atoms with E-state index in [1.807, 2.05) is 49.4 Å². The predicted octanol–water partition coefficient (Wildman–Crippen LogP) is 4.21. The molecule has 0 saturated carbocycles. The van der Waals surface area contributed by atoms with Crippen molar-refractivity contribution in [2.75, 3.05) is 18.5 Å². The predicted molar refractivity (Wildman–Crippen MR) is 131 cm³/mol. The summed E-state index contributed by atoms with van der Waals surface area (Å²) in [5.74, 6) is 0.316. The van der Waals surface area contributed by atoms with E-state index in [9.17, 15) is 9.90 Å². The van der Waals surface area contributed by atoms with E-state index in [-0.39, 0.29) is 11.9 Å². The number of aliphatic hydroxyl groups excluding tert-OH is 1. The lowest BCUT2D eigenvalue weighted by Gasteiger charge is -2.23. The maximum Gasteiger partial charge on any atom is 0.256 e. The smallest absolute Gasteiger partial charge is 0.256 e. The first-order valence-electron chi connectivity index (χ1n) is 11.5. The summed E-state index contributed by atoms with van der Waals surface area (Å²) in [5.41, 5.74) is 4.87. The zero-order chi connectivity index (χ0) is 23.7. The molecular weight excluding hydrogens is 452 g/mol. The maximum absolute atomic E-state index is 13.2. The molecule has 1 saturated heterocycles. The first-order chi connectivity index (χ1) is 16.5. The summed E-state index contributed by atoms with van der Waals surface area (Å²) in [7, 11) is 0. The van der Waals surface area contributed by atoms with Gasteiger partial charge in [0, 0.05) is 43.3 Å². The van der Waals surface area contributed by atoms with Crippen LogP contribution in [0.4, 0.5) is 5.95 Å². The molecule has 8 heteroatoms. The first kappa shape index (κ1) is 22.8. The molecule has 0 radical (unpaired) electrons. The van der Waals surface area contributed by atoms with Gasteiger partial charge in [-0.25, -0.2) is 9.97 Å². The van der Waals surface area contributed by atoms with Crippen molar-refractivity contribution in [3.05, 3.63) is 75.9 Å². The van der Waals surface area contributed by atoms with E-state index >= 15 is 0 Å². The number of halogens is 1. The van der Waals surface area contributed by atoms with Crippen molar-refractivity contribution in [2.45, 2.75) is 45.0 Å². The largest absolute Gasteiger partial charge is 0.381 e. The number of hydrogen-bond donors (Lipinski definition) is 2. The zero-order valence-electron chi connectivity index (χ0n) is 19.0. The molecule has 1 unspecified atom stereocenters. The second kappa shape index (κ2) is 9.70. The zero-order valence-corrected chi connectivity index (χ0v) is 19.8. The van der Waals surface area contributed by atoms with Gasteiger partial charge in [-0.2, -0.15) is 0 Å². The third-order valence-electron chi connectivity index (χ3n) is 6.37. The van der Waals surface area contributed by atoms with Crippen LogP contribution in [0.1, 0.15) is 39.9 Å². The molecule has 3 heterocycles. The minimum absolute atomic E-state index is 0.192. The number of nitrogens with one attached hydrogen (secondary N) is 1. The summed E-state index contributed by atoms with van der Waals surface area (Å²) in [6, 6.07) is 13.8. The van der Waals surface area contributed by atoms with Gasteiger partial charge in [0.05, 0.1) is 16.9 Å². The number of carbonyl (C=O) groups is 1. The summed E-state index contributed by atoms with van der Waals surface area (Å²) in [4.78, 5) is 23.6. The molecular formula is C26H27ClN4O3. The van der Waals surface area contributed by atoms with Gasteiger partial charge in [-0.05, 0) is 37.0 Å². The summed E-state index contributed by atoms with van der Waals surface area (Å²) in [6.45, 7) is 3.82. The van der Waals surface area contributed by atoms with E-state index in [2.05, 4.69) is 15.3 Å². The van der Waals surface area contributed by atoms with Crippen LogP contribution in [0, 0.1) is 6.92 Å². The highest BCUT2D eigenvalue weighted by Crippen LogP contribution is 2.32. The molecule has 3 aromatic rings. The molecule has 34 heavy (non-hydrogen) atoms. The molecule has 2 aliphatic heterocycles. The molecule has 7 nitrogen and oxygen atoms in total. The Hall–Kier alpha value is -3.00. The van der Waals surface area contributed by atoms with Crippen LogP contribution in [-0.2, 0) is 17.7 Å². The Balaban J connectivity index is 1.35. The third-order valence-corrected chi connectivity index (χ3v) is 6.65. The number of aromatic nitrogens is 2. The lowest BCUT2D eigenvalue weighted by atomic mass is 10.0. The highest BCUT2D eigenvalue weighted by molar-refractivity contribution is 6.33. The van der Waals surface area contributed by atoms with Gasteiger partial charge in [0.2, 0.25) is 5.95 Å². The van der Waals surface area contributed by atoms with E-state index in [1.54, 1.807) is 6.20 Å². The molecule has 0 spiro atoms. The van der Waals surface area contributed by atoms with Crippen LogP contribution in [-0.4, -0.2) is 51.4 Å². The van der Waals surface area contributed by atoms with Crippen molar-refractivity contribution in [2.24, 2.45) is 0 Å². The molecule has 2 aliphatic rings. The van der Waals surface area contributed by atoms with Crippen LogP contribution in [0.3, 0.4) is 0 Å². The Morgan fingerprint density at radius 3 is 2.85 bits per heavy atom. The average molecular weight is 479 g/mol. The van der Waals surface area contributed by atoms with E-state index in [1.165, 1.54) is 4.90 Å². The minimum Gasteiger partial charge on any atom is -0.381 e. The molecule has 2 N–H and O–H groups in total. The van der Waals surface area contributed by atoms with Gasteiger partial charge >= 0.3 is 0 Å². The summed E-state index contributed by atoms with van der Waals surface area (Å²) < 4.78 is 5.41. The van der Waals surface area contributed by atoms with Crippen LogP contribution in [0.25, 0.3) is 11.3 Å². The Morgan fingerprint density at radius 2 is 2.06 bits per heavy atom. The number of nitrogens with zero attached hydrogens (tertiary/aromatic N) is 3. The van der Waals surface area contributed by atoms with E-state index < -0.39 is 6.23 Å². The highest BCUT2D eigenvalue weighted by Gasteiger charge is 2.32. The molecule has 1 amide bonds. The van der Waals surface area contributed by atoms with Crippen LogP contribution in [0.5, 0.6) is 0 Å². The number of fused-ring (bicyclic) bond motifs is 1. The van der Waals surface area contributed by atoms with E-state index in [0.29, 0.717) is 35.2 Å². The summed E-state index contributed by atoms with van der Waals surface area (Å²) in [6.07, 6.45) is 2.86. The second-order valence-corrected chi connectivity index (χ2v) is 9.31. The Labute approximate surface area is 203 Å². The standard InChI is InChI=1S/C26H27ClN4O3/c1-16-3-2-4-17(11-16)12-23(32)31-15-19-6-5-18(13-21(19)25(31)33)24-22(27)14-28-26(30-24)29-20-7-9-34-10-8-20/h2-6,11,13-14,20,23,32H,7-10,12,15H2,1H3,(H,28,29,30). The number of carbonyl (C=O) groups excluding carboxylic acids is 1. The van der Waals surface area contributed by atoms with Gasteiger partial charge in [-0.1, -0.05) is 53.6 Å². The lowest BCUT2D eigenvalue weighted by Crippen LogP contribution is -2.36. The maximum atomic E-state index is 13.2. The van der Waals surface area contributed by atoms with Crippen molar-refractivity contribution >= 4 is 23.5 Å². The highest BCUT2D eigenvalue weighted by atomic mass is 35.5. The van der Waals surface area contributed by atoms with Gasteiger partial charge < -0.3 is 20.1 Å². The molecule has 1 atom stereocenters. The van der Waals surface area contributed by atoms with Crippen LogP contribution < -0.4 is 5.32 Å². The molecule has 2 aromatic carbocycles. The normalized spacial score (nSPS) is 17.0. The quantitative estimate of drug-likeness (QED) is 0.551. The minimum atomic E-state index is -0.900. The Bertz CT molecular complexity index is 1210. The molecule has 0 aliphatic carbocycles. The summed E-state index contributed by atoms with van der Waals surface area (Å²) >= 11 is 6.43. The van der Waals surface area contributed by atoms with Gasteiger partial charge in [0.15, 0.2) is 0 Å². The first-order valence-corrected chi connectivity index (χ1v) is 11.9. The SMILES string of the molecule is Cc1cccc(CC(O)N2Cc3ccc(-c4nc(NC5CCOCC5)ncc4Cl)cc3C2=O)c1. The van der Waals surface area contributed by atoms with Crippen molar-refractivity contribution in [1.82, 2.24) is 14.9 Å². The molecule has 1 aromatic heterocycles. The van der Waals surface area contributed by atoms with E-state index in [0.717, 1.165) is 48.3 Å². The monoisotopic (exact) mass is 478 g/mol. The molecule has 176 valence electrons. The average Bonchev–Trinajstić information content (AvgIpc) is 3.17. The van der Waals surface area contributed by atoms with Crippen molar-refractivity contribution in [3.8, 4) is 11.3 Å². The number of rotatable bonds is 6. The second-order valence-electron chi connectivity index (χ2n) is 8.90. The van der Waals surface area contributed by atoms with Crippen molar-refractivity contribution < 1.29 is 14.6 Å². The fourth-order valence-electron chi connectivity index (χ4n) is 4.54. The number of amides is 1. The topological polar surface area (TPSA) is 87.6 Å². The molecule has 0 bridgehead atoms. The van der Waals surface area contributed by atoms with Crippen LogP contribution in [0.2, 0.25) is 5.02 Å². The van der Waals surface area contributed by atoms with Gasteiger partial charge in [-0.15, -0.1) is 0 Å². The molecule has 1 fully saturated rings. The lowest BCUT2D eigenvalue weighted by molar-refractivity contribution is 0.00954. The number of anilines is 1. The molecule has 5 rings (SSSR count). The number of hydrogen-bond acceptors (Lipinski definition) is 6. The number of aryl methyl sites for hydroxylation is 1. The van der Waals surface area contributed by atoms with Crippen molar-refractivity contribution in [3.63, 3.8) is 0 Å². The van der Waals surface area contributed by atoms with Gasteiger partial charge in [0.1, 0.15) is 6.23 Å². The Morgan fingerprint density at radius 1 is 1.24 bits per heavy atom. The number of ether oxygens (including phenoxy) is 1. The Kier molecular flexibility index (Phi) is 6.50. The van der Waals surface area contributed by atoms with Crippen LogP contribution >= 0.6 is 11.6 Å². The summed E-state index contributed by atoms with van der Waals surface area (Å²) in [5, 5.41) is 14.6. The van der Waals surface area contributed by atoms with Gasteiger partial charge in [0.25, 0.3) is 5.91 Å². The van der Waals surface area contributed by atoms with Crippen LogP contribution in [0.15, 0.2) is 48.7 Å². The fourth-order valence-corrected chi connectivity index (χ4v) is 4.74.